The minimum Gasteiger partial charge on any atom is -0.478 e. The summed E-state index contributed by atoms with van der Waals surface area (Å²) in [4.78, 5) is 21.1. The van der Waals surface area contributed by atoms with E-state index in [0.717, 1.165) is 6.07 Å². The van der Waals surface area contributed by atoms with Gasteiger partial charge in [-0.25, -0.2) is 9.59 Å². The second-order valence-corrected chi connectivity index (χ2v) is 5.85. The lowest BCUT2D eigenvalue weighted by molar-refractivity contribution is 0.0208. The van der Waals surface area contributed by atoms with Gasteiger partial charge in [-0.2, -0.15) is 0 Å². The molecule has 1 aromatic carbocycles. The highest BCUT2D eigenvalue weighted by Crippen LogP contribution is 2.19. The largest absolute Gasteiger partial charge is 0.478 e. The van der Waals surface area contributed by atoms with E-state index in [9.17, 15) is 9.59 Å². The number of aliphatic hydroxyl groups is 1. The summed E-state index contributed by atoms with van der Waals surface area (Å²) < 4.78 is 5.46. The maximum absolute atomic E-state index is 10.6. The van der Waals surface area contributed by atoms with Crippen LogP contribution in [0, 0.1) is 6.92 Å². The van der Waals surface area contributed by atoms with E-state index in [1.165, 1.54) is 50.7 Å². The maximum atomic E-state index is 10.6. The average molecular weight is 338 g/mol. The number of aliphatic hydroxyl groups excluding tert-OH is 1. The highest BCUT2D eigenvalue weighted by molar-refractivity contribution is 5.94. The van der Waals surface area contributed by atoms with Gasteiger partial charge in [0, 0.05) is 0 Å². The van der Waals surface area contributed by atoms with Gasteiger partial charge in [0.15, 0.2) is 0 Å². The van der Waals surface area contributed by atoms with Crippen LogP contribution in [0.2, 0.25) is 0 Å². The molecule has 1 aliphatic rings. The van der Waals surface area contributed by atoms with Crippen molar-refractivity contribution in [3.05, 3.63) is 34.9 Å². The van der Waals surface area contributed by atoms with E-state index < -0.39 is 11.9 Å². The summed E-state index contributed by atoms with van der Waals surface area (Å²) in [5.74, 6) is -2.23. The van der Waals surface area contributed by atoms with Crippen molar-refractivity contribution in [3.8, 4) is 0 Å². The van der Waals surface area contributed by atoms with Gasteiger partial charge in [0.25, 0.3) is 0 Å². The van der Waals surface area contributed by atoms with E-state index in [1.54, 1.807) is 6.92 Å². The number of carboxylic acids is 2. The molecule has 134 valence electrons. The van der Waals surface area contributed by atoms with E-state index in [2.05, 4.69) is 0 Å². The Kier molecular flexibility index (Phi) is 9.04. The van der Waals surface area contributed by atoms with Crippen LogP contribution in [-0.4, -0.2) is 46.6 Å². The monoisotopic (exact) mass is 338 g/mol. The van der Waals surface area contributed by atoms with E-state index >= 15 is 0 Å². The van der Waals surface area contributed by atoms with Gasteiger partial charge in [-0.3, -0.25) is 0 Å². The van der Waals surface area contributed by atoms with Crippen LogP contribution in [0.5, 0.6) is 0 Å². The number of hydrogen-bond acceptors (Lipinski definition) is 4. The van der Waals surface area contributed by atoms with Crippen LogP contribution in [0.3, 0.4) is 0 Å². The molecule has 6 nitrogen and oxygen atoms in total. The Labute approximate surface area is 142 Å². The summed E-state index contributed by atoms with van der Waals surface area (Å²) in [7, 11) is 0. The molecule has 0 aliphatic heterocycles. The molecule has 2 rings (SSSR count). The number of carbonyl (C=O) groups is 2. The Hall–Kier alpha value is -1.92. The van der Waals surface area contributed by atoms with Gasteiger partial charge >= 0.3 is 11.9 Å². The molecular weight excluding hydrogens is 312 g/mol. The van der Waals surface area contributed by atoms with Crippen molar-refractivity contribution in [3.63, 3.8) is 0 Å². The first-order chi connectivity index (χ1) is 11.5. The molecule has 0 amide bonds. The van der Waals surface area contributed by atoms with Crippen LogP contribution >= 0.6 is 0 Å². The SMILES string of the molecule is Cc1ccc(C(=O)O)cc1C(=O)O.OCCOC1CCCCCC1. The molecule has 6 heteroatoms. The summed E-state index contributed by atoms with van der Waals surface area (Å²) in [6.07, 6.45) is 8.15. The fourth-order valence-electron chi connectivity index (χ4n) is 2.61. The van der Waals surface area contributed by atoms with Gasteiger partial charge in [0.05, 0.1) is 30.4 Å². The molecule has 1 aliphatic carbocycles. The molecule has 0 unspecified atom stereocenters. The van der Waals surface area contributed by atoms with E-state index in [0.29, 0.717) is 18.3 Å². The summed E-state index contributed by atoms with van der Waals surface area (Å²) in [6.45, 7) is 2.30. The van der Waals surface area contributed by atoms with Gasteiger partial charge in [-0.1, -0.05) is 31.7 Å². The standard InChI is InChI=1S/C9H8O4.C9H18O2/c1-5-2-3-6(8(10)11)4-7(5)9(12)13;10-7-8-11-9-5-3-1-2-4-6-9/h2-4H,1H3,(H,10,11)(H,12,13);9-10H,1-8H2. The van der Waals surface area contributed by atoms with E-state index in [4.69, 9.17) is 20.1 Å². The molecule has 0 aromatic heterocycles. The van der Waals surface area contributed by atoms with Gasteiger partial charge in [0.1, 0.15) is 0 Å². The molecule has 0 atom stereocenters. The summed E-state index contributed by atoms with van der Waals surface area (Å²) in [5, 5.41) is 25.8. The van der Waals surface area contributed by atoms with Gasteiger partial charge in [0.2, 0.25) is 0 Å². The predicted molar refractivity (Wildman–Crippen MR) is 89.6 cm³/mol. The Bertz CT molecular complexity index is 532. The number of aryl methyl sites for hydroxylation is 1. The normalized spacial score (nSPS) is 15.1. The number of benzene rings is 1. The van der Waals surface area contributed by atoms with Gasteiger partial charge in [-0.15, -0.1) is 0 Å². The van der Waals surface area contributed by atoms with Crippen LogP contribution < -0.4 is 0 Å². The Morgan fingerprint density at radius 2 is 1.71 bits per heavy atom. The fraction of sp³-hybridized carbons (Fsp3) is 0.556. The van der Waals surface area contributed by atoms with E-state index in [-0.39, 0.29) is 17.7 Å². The Balaban J connectivity index is 0.000000243. The van der Waals surface area contributed by atoms with Crippen molar-refractivity contribution in [1.29, 1.82) is 0 Å². The molecule has 0 spiro atoms. The Morgan fingerprint density at radius 1 is 1.08 bits per heavy atom. The topological polar surface area (TPSA) is 104 Å². The zero-order chi connectivity index (χ0) is 17.9. The lowest BCUT2D eigenvalue weighted by Crippen LogP contribution is -2.14. The highest BCUT2D eigenvalue weighted by Gasteiger charge is 2.11. The summed E-state index contributed by atoms with van der Waals surface area (Å²) in [5.41, 5.74) is 0.570. The average Bonchev–Trinajstić information content (AvgIpc) is 2.82. The minimum absolute atomic E-state index is 0.0111. The summed E-state index contributed by atoms with van der Waals surface area (Å²) >= 11 is 0. The van der Waals surface area contributed by atoms with Crippen LogP contribution in [0.4, 0.5) is 0 Å². The first-order valence-electron chi connectivity index (χ1n) is 8.25. The quantitative estimate of drug-likeness (QED) is 0.713. The van der Waals surface area contributed by atoms with Crippen molar-refractivity contribution < 1.29 is 29.6 Å². The molecule has 24 heavy (non-hydrogen) atoms. The fourth-order valence-corrected chi connectivity index (χ4v) is 2.61. The predicted octanol–water partition coefficient (Wildman–Crippen LogP) is 3.11. The highest BCUT2D eigenvalue weighted by atomic mass is 16.5. The smallest absolute Gasteiger partial charge is 0.335 e. The minimum atomic E-state index is -1.12. The van der Waals surface area contributed by atoms with Crippen molar-refractivity contribution in [2.45, 2.75) is 51.6 Å². The first-order valence-corrected chi connectivity index (χ1v) is 8.25. The molecule has 0 bridgehead atoms. The van der Waals surface area contributed by atoms with Gasteiger partial charge < -0.3 is 20.1 Å². The van der Waals surface area contributed by atoms with Gasteiger partial charge in [-0.05, 0) is 37.5 Å². The van der Waals surface area contributed by atoms with Crippen LogP contribution in [0.25, 0.3) is 0 Å². The third-order valence-corrected chi connectivity index (χ3v) is 3.96. The molecule has 3 N–H and O–H groups in total. The van der Waals surface area contributed by atoms with Crippen LogP contribution in [0.15, 0.2) is 18.2 Å². The molecule has 0 radical (unpaired) electrons. The first kappa shape index (κ1) is 20.1. The van der Waals surface area contributed by atoms with Crippen molar-refractivity contribution >= 4 is 11.9 Å². The van der Waals surface area contributed by atoms with Crippen LogP contribution in [0.1, 0.15) is 64.8 Å². The molecule has 0 saturated heterocycles. The number of hydrogen-bond donors (Lipinski definition) is 3. The molecular formula is C18H26O6. The third-order valence-electron chi connectivity index (χ3n) is 3.96. The zero-order valence-corrected chi connectivity index (χ0v) is 14.0. The molecule has 1 aromatic rings. The second-order valence-electron chi connectivity index (χ2n) is 5.85. The molecule has 0 heterocycles. The van der Waals surface area contributed by atoms with Crippen LogP contribution in [-0.2, 0) is 4.74 Å². The van der Waals surface area contributed by atoms with Crippen molar-refractivity contribution in [1.82, 2.24) is 0 Å². The maximum Gasteiger partial charge on any atom is 0.335 e. The lowest BCUT2D eigenvalue weighted by Gasteiger charge is -2.13. The lowest BCUT2D eigenvalue weighted by atomic mass is 10.1. The van der Waals surface area contributed by atoms with Crippen molar-refractivity contribution in [2.24, 2.45) is 0 Å². The molecule has 1 saturated carbocycles. The zero-order valence-electron chi connectivity index (χ0n) is 14.0. The Morgan fingerprint density at radius 3 is 2.21 bits per heavy atom. The second kappa shape index (κ2) is 10.8. The van der Waals surface area contributed by atoms with Crippen molar-refractivity contribution in [2.75, 3.05) is 13.2 Å². The number of rotatable bonds is 5. The molecule has 1 fully saturated rings. The summed E-state index contributed by atoms with van der Waals surface area (Å²) in [6, 6.07) is 4.01. The number of aromatic carboxylic acids is 2. The number of carboxylic acid groups (broad SMARTS) is 2. The number of ether oxygens (including phenoxy) is 1. The van der Waals surface area contributed by atoms with E-state index in [1.807, 2.05) is 0 Å². The third kappa shape index (κ3) is 7.10.